The zero-order valence-corrected chi connectivity index (χ0v) is 12.6. The third kappa shape index (κ3) is 3.18. The molecule has 0 saturated carbocycles. The second kappa shape index (κ2) is 6.71. The number of terminal acetylenes is 1. The smallest absolute Gasteiger partial charge is 0.275 e. The molecule has 116 valence electrons. The molecule has 0 bridgehead atoms. The normalized spacial score (nSPS) is 22.9. The van der Waals surface area contributed by atoms with E-state index < -0.39 is 0 Å². The van der Waals surface area contributed by atoms with Crippen LogP contribution in [0.3, 0.4) is 0 Å². The van der Waals surface area contributed by atoms with Crippen LogP contribution in [0.2, 0.25) is 0 Å². The summed E-state index contributed by atoms with van der Waals surface area (Å²) < 4.78 is 11.2. The maximum absolute atomic E-state index is 11.9. The van der Waals surface area contributed by atoms with E-state index in [-0.39, 0.29) is 5.91 Å². The van der Waals surface area contributed by atoms with Crippen LogP contribution < -0.4 is 19.7 Å². The summed E-state index contributed by atoms with van der Waals surface area (Å²) in [6.07, 6.45) is 7.37. The van der Waals surface area contributed by atoms with E-state index in [1.807, 2.05) is 6.07 Å². The van der Waals surface area contributed by atoms with E-state index in [2.05, 4.69) is 23.4 Å². The number of fused-ring (bicyclic) bond motifs is 1. The fourth-order valence-electron chi connectivity index (χ4n) is 3.22. The third-order valence-electron chi connectivity index (χ3n) is 4.23. The van der Waals surface area contributed by atoms with Crippen molar-refractivity contribution in [2.75, 3.05) is 32.8 Å². The van der Waals surface area contributed by atoms with Crippen LogP contribution in [0.25, 0.3) is 0 Å². The van der Waals surface area contributed by atoms with Gasteiger partial charge in [0.15, 0.2) is 18.0 Å². The second-order valence-electron chi connectivity index (χ2n) is 5.66. The fourth-order valence-corrected chi connectivity index (χ4v) is 3.22. The lowest BCUT2D eigenvalue weighted by Crippen LogP contribution is -3.11. The molecule has 1 fully saturated rings. The van der Waals surface area contributed by atoms with Gasteiger partial charge in [0.2, 0.25) is 0 Å². The summed E-state index contributed by atoms with van der Waals surface area (Å²) in [4.78, 5) is 13.2. The molecular formula is C17H21N2O3+. The Morgan fingerprint density at radius 1 is 1.36 bits per heavy atom. The molecule has 0 spiro atoms. The minimum Gasteiger partial charge on any atom is -0.486 e. The van der Waals surface area contributed by atoms with E-state index in [0.717, 1.165) is 30.9 Å². The van der Waals surface area contributed by atoms with Gasteiger partial charge in [-0.25, -0.2) is 0 Å². The molecule has 1 amide bonds. The lowest BCUT2D eigenvalue weighted by atomic mass is 10.0. The van der Waals surface area contributed by atoms with Crippen molar-refractivity contribution in [3.05, 3.63) is 23.8 Å². The van der Waals surface area contributed by atoms with E-state index >= 15 is 0 Å². The Morgan fingerprint density at radius 2 is 2.18 bits per heavy atom. The molecule has 2 heterocycles. The zero-order chi connectivity index (χ0) is 15.4. The van der Waals surface area contributed by atoms with Crippen LogP contribution in [-0.4, -0.2) is 38.8 Å². The molecule has 5 nitrogen and oxygen atoms in total. The number of nitrogens with one attached hydrogen (secondary N) is 2. The first-order valence-corrected chi connectivity index (χ1v) is 7.72. The summed E-state index contributed by atoms with van der Waals surface area (Å²) >= 11 is 0. The summed E-state index contributed by atoms with van der Waals surface area (Å²) in [5, 5.41) is 2.74. The minimum atomic E-state index is 0.0115. The summed E-state index contributed by atoms with van der Waals surface area (Å²) in [5.74, 6) is 4.06. The highest BCUT2D eigenvalue weighted by atomic mass is 16.6. The first kappa shape index (κ1) is 14.7. The summed E-state index contributed by atoms with van der Waals surface area (Å²) in [6.45, 7) is 2.94. The predicted molar refractivity (Wildman–Crippen MR) is 81.9 cm³/mol. The molecule has 2 atom stereocenters. The van der Waals surface area contributed by atoms with Crippen molar-refractivity contribution in [1.82, 2.24) is 5.32 Å². The Morgan fingerprint density at radius 3 is 3.00 bits per heavy atom. The van der Waals surface area contributed by atoms with E-state index in [1.54, 1.807) is 0 Å². The van der Waals surface area contributed by atoms with Gasteiger partial charge in [0, 0.05) is 18.4 Å². The SMILES string of the molecule is C#CCNC(=O)C[NH+]1CCC[C@@H]1c1ccc2c(c1)OCCO2. The second-order valence-corrected chi connectivity index (χ2v) is 5.66. The van der Waals surface area contributed by atoms with Crippen LogP contribution >= 0.6 is 0 Å². The summed E-state index contributed by atoms with van der Waals surface area (Å²) in [5.41, 5.74) is 1.21. The highest BCUT2D eigenvalue weighted by Gasteiger charge is 2.32. The number of benzene rings is 1. The first-order valence-electron chi connectivity index (χ1n) is 7.72. The molecule has 22 heavy (non-hydrogen) atoms. The average Bonchev–Trinajstić information content (AvgIpc) is 3.00. The van der Waals surface area contributed by atoms with Crippen molar-refractivity contribution in [2.24, 2.45) is 0 Å². The molecule has 1 saturated heterocycles. The molecule has 0 aromatic heterocycles. The van der Waals surface area contributed by atoms with Gasteiger partial charge in [0.1, 0.15) is 19.3 Å². The number of ether oxygens (including phenoxy) is 2. The Labute approximate surface area is 130 Å². The van der Waals surface area contributed by atoms with Gasteiger partial charge in [-0.3, -0.25) is 4.79 Å². The van der Waals surface area contributed by atoms with Gasteiger partial charge in [-0.1, -0.05) is 5.92 Å². The molecule has 1 aromatic carbocycles. The highest BCUT2D eigenvalue weighted by molar-refractivity contribution is 5.77. The molecule has 2 aliphatic rings. The van der Waals surface area contributed by atoms with E-state index in [0.29, 0.717) is 32.3 Å². The topological polar surface area (TPSA) is 52.0 Å². The average molecular weight is 301 g/mol. The number of likely N-dealkylation sites (tertiary alicyclic amines) is 1. The molecule has 3 rings (SSSR count). The molecule has 1 aromatic rings. The van der Waals surface area contributed by atoms with E-state index in [4.69, 9.17) is 15.9 Å². The number of hydrogen-bond acceptors (Lipinski definition) is 3. The number of amides is 1. The van der Waals surface area contributed by atoms with Crippen molar-refractivity contribution in [2.45, 2.75) is 18.9 Å². The monoisotopic (exact) mass is 301 g/mol. The molecular weight excluding hydrogens is 280 g/mol. The summed E-state index contributed by atoms with van der Waals surface area (Å²) in [7, 11) is 0. The Bertz CT molecular complexity index is 594. The number of carbonyl (C=O) groups is 1. The van der Waals surface area contributed by atoms with Crippen LogP contribution in [0, 0.1) is 12.3 Å². The molecule has 2 aliphatic heterocycles. The van der Waals surface area contributed by atoms with Crippen molar-refractivity contribution in [3.63, 3.8) is 0 Å². The minimum absolute atomic E-state index is 0.0115. The lowest BCUT2D eigenvalue weighted by Gasteiger charge is -2.23. The van der Waals surface area contributed by atoms with Crippen LogP contribution in [0.4, 0.5) is 0 Å². The van der Waals surface area contributed by atoms with E-state index in [9.17, 15) is 4.79 Å². The van der Waals surface area contributed by atoms with Gasteiger partial charge in [-0.2, -0.15) is 0 Å². The van der Waals surface area contributed by atoms with Gasteiger partial charge in [0.05, 0.1) is 13.1 Å². The van der Waals surface area contributed by atoms with Crippen molar-refractivity contribution in [3.8, 4) is 23.8 Å². The van der Waals surface area contributed by atoms with Gasteiger partial charge >= 0.3 is 0 Å². The maximum Gasteiger partial charge on any atom is 0.275 e. The molecule has 5 heteroatoms. The van der Waals surface area contributed by atoms with Crippen molar-refractivity contribution >= 4 is 5.91 Å². The Balaban J connectivity index is 1.70. The van der Waals surface area contributed by atoms with Crippen LogP contribution in [0.5, 0.6) is 11.5 Å². The maximum atomic E-state index is 11.9. The standard InChI is InChI=1S/C17H20N2O3/c1-2-7-18-17(20)12-19-8-3-4-14(19)13-5-6-15-16(11-13)22-10-9-21-15/h1,5-6,11,14H,3-4,7-10,12H2,(H,18,20)/p+1/t14-/m1/s1. The quantitative estimate of drug-likeness (QED) is 0.765. The Hall–Kier alpha value is -2.19. The summed E-state index contributed by atoms with van der Waals surface area (Å²) in [6, 6.07) is 6.44. The predicted octanol–water partition coefficient (Wildman–Crippen LogP) is -0.0730. The molecule has 0 radical (unpaired) electrons. The van der Waals surface area contributed by atoms with Crippen LogP contribution in [0.15, 0.2) is 18.2 Å². The highest BCUT2D eigenvalue weighted by Crippen LogP contribution is 2.33. The third-order valence-corrected chi connectivity index (χ3v) is 4.23. The number of carbonyl (C=O) groups excluding carboxylic acids is 1. The van der Waals surface area contributed by atoms with Crippen molar-refractivity contribution in [1.29, 1.82) is 0 Å². The van der Waals surface area contributed by atoms with Crippen molar-refractivity contribution < 1.29 is 19.2 Å². The van der Waals surface area contributed by atoms with Gasteiger partial charge in [-0.05, 0) is 18.2 Å². The van der Waals surface area contributed by atoms with Gasteiger partial charge in [-0.15, -0.1) is 6.42 Å². The van der Waals surface area contributed by atoms with Crippen LogP contribution in [-0.2, 0) is 4.79 Å². The Kier molecular flexibility index (Phi) is 4.50. The fraction of sp³-hybridized carbons (Fsp3) is 0.471. The number of hydrogen-bond donors (Lipinski definition) is 2. The molecule has 0 aliphatic carbocycles. The molecule has 2 N–H and O–H groups in total. The number of rotatable bonds is 4. The number of quaternary nitrogens is 1. The zero-order valence-electron chi connectivity index (χ0n) is 12.6. The largest absolute Gasteiger partial charge is 0.486 e. The van der Waals surface area contributed by atoms with E-state index in [1.165, 1.54) is 10.5 Å². The molecule has 1 unspecified atom stereocenters. The first-order chi connectivity index (χ1) is 10.8. The van der Waals surface area contributed by atoms with Gasteiger partial charge < -0.3 is 19.7 Å². The lowest BCUT2D eigenvalue weighted by molar-refractivity contribution is -0.910. The van der Waals surface area contributed by atoms with Crippen LogP contribution in [0.1, 0.15) is 24.4 Å². The van der Waals surface area contributed by atoms with Gasteiger partial charge in [0.25, 0.3) is 5.91 Å².